The van der Waals surface area contributed by atoms with Gasteiger partial charge in [0, 0.05) is 30.2 Å². The SMILES string of the molecule is O=C(CSc1nncn1-c1ccccc1)Nc1ccc(N2CCCCCC2)cc1. The fourth-order valence-corrected chi connectivity index (χ4v) is 4.23. The molecule has 4 rings (SSSR count). The second-order valence-electron chi connectivity index (χ2n) is 7.10. The highest BCUT2D eigenvalue weighted by molar-refractivity contribution is 7.99. The summed E-state index contributed by atoms with van der Waals surface area (Å²) < 4.78 is 1.88. The third-order valence-electron chi connectivity index (χ3n) is 5.01. The molecule has 7 heteroatoms. The molecule has 0 saturated carbocycles. The molecule has 1 aliphatic rings. The maximum atomic E-state index is 12.4. The summed E-state index contributed by atoms with van der Waals surface area (Å²) in [6, 6.07) is 18.0. The Labute approximate surface area is 175 Å². The van der Waals surface area contributed by atoms with Crippen LogP contribution in [0.3, 0.4) is 0 Å². The highest BCUT2D eigenvalue weighted by Crippen LogP contribution is 2.23. The number of nitrogens with zero attached hydrogens (tertiary/aromatic N) is 4. The van der Waals surface area contributed by atoms with Crippen molar-refractivity contribution in [2.45, 2.75) is 30.8 Å². The molecule has 150 valence electrons. The fourth-order valence-electron chi connectivity index (χ4n) is 3.50. The quantitative estimate of drug-likeness (QED) is 0.615. The van der Waals surface area contributed by atoms with Crippen LogP contribution < -0.4 is 10.2 Å². The van der Waals surface area contributed by atoms with E-state index >= 15 is 0 Å². The van der Waals surface area contributed by atoms with Gasteiger partial charge in [-0.25, -0.2) is 0 Å². The minimum atomic E-state index is -0.0554. The number of hydrogen-bond acceptors (Lipinski definition) is 5. The zero-order valence-electron chi connectivity index (χ0n) is 16.3. The number of para-hydroxylation sites is 1. The largest absolute Gasteiger partial charge is 0.372 e. The van der Waals surface area contributed by atoms with Crippen molar-refractivity contribution >= 4 is 29.0 Å². The van der Waals surface area contributed by atoms with Gasteiger partial charge in [-0.2, -0.15) is 0 Å². The molecule has 1 saturated heterocycles. The molecule has 1 aromatic heterocycles. The lowest BCUT2D eigenvalue weighted by Gasteiger charge is -2.22. The second-order valence-corrected chi connectivity index (χ2v) is 8.05. The highest BCUT2D eigenvalue weighted by Gasteiger charge is 2.12. The fraction of sp³-hybridized carbons (Fsp3) is 0.318. The van der Waals surface area contributed by atoms with Gasteiger partial charge in [0.25, 0.3) is 0 Å². The maximum absolute atomic E-state index is 12.4. The molecule has 0 radical (unpaired) electrons. The number of carbonyl (C=O) groups excluding carboxylic acids is 1. The molecule has 0 unspecified atom stereocenters. The number of hydrogen-bond donors (Lipinski definition) is 1. The van der Waals surface area contributed by atoms with Gasteiger partial charge < -0.3 is 10.2 Å². The molecule has 1 fully saturated rings. The zero-order valence-corrected chi connectivity index (χ0v) is 17.1. The van der Waals surface area contributed by atoms with Crippen LogP contribution in [0.25, 0.3) is 5.69 Å². The van der Waals surface area contributed by atoms with Gasteiger partial charge in [-0.15, -0.1) is 10.2 Å². The predicted octanol–water partition coefficient (Wildman–Crippen LogP) is 4.38. The highest BCUT2D eigenvalue weighted by atomic mass is 32.2. The minimum absolute atomic E-state index is 0.0554. The summed E-state index contributed by atoms with van der Waals surface area (Å²) in [7, 11) is 0. The Balaban J connectivity index is 1.32. The zero-order chi connectivity index (χ0) is 19.9. The molecule has 1 N–H and O–H groups in total. The Kier molecular flexibility index (Phi) is 6.46. The van der Waals surface area contributed by atoms with Crippen molar-refractivity contribution in [3.8, 4) is 5.69 Å². The third kappa shape index (κ3) is 5.17. The van der Waals surface area contributed by atoms with Crippen LogP contribution in [0.1, 0.15) is 25.7 Å². The summed E-state index contributed by atoms with van der Waals surface area (Å²) in [5.41, 5.74) is 3.03. The molecule has 2 aromatic carbocycles. The van der Waals surface area contributed by atoms with E-state index in [0.29, 0.717) is 5.16 Å². The molecule has 6 nitrogen and oxygen atoms in total. The van der Waals surface area contributed by atoms with Gasteiger partial charge in [-0.3, -0.25) is 9.36 Å². The van der Waals surface area contributed by atoms with Crippen LogP contribution in [-0.4, -0.2) is 39.5 Å². The lowest BCUT2D eigenvalue weighted by atomic mass is 10.2. The van der Waals surface area contributed by atoms with E-state index in [1.54, 1.807) is 6.33 Å². The monoisotopic (exact) mass is 407 g/mol. The summed E-state index contributed by atoms with van der Waals surface area (Å²) in [4.78, 5) is 14.8. The molecule has 0 spiro atoms. The molecule has 0 bridgehead atoms. The topological polar surface area (TPSA) is 63.1 Å². The number of rotatable bonds is 6. The van der Waals surface area contributed by atoms with Crippen LogP contribution >= 0.6 is 11.8 Å². The lowest BCUT2D eigenvalue weighted by Crippen LogP contribution is -2.23. The third-order valence-corrected chi connectivity index (χ3v) is 5.95. The van der Waals surface area contributed by atoms with Crippen LogP contribution in [0.15, 0.2) is 66.1 Å². The second kappa shape index (κ2) is 9.60. The van der Waals surface area contributed by atoms with E-state index in [0.717, 1.165) is 24.5 Å². The average Bonchev–Trinajstić information content (AvgIpc) is 3.06. The molecule has 1 aliphatic heterocycles. The van der Waals surface area contributed by atoms with Gasteiger partial charge >= 0.3 is 0 Å². The van der Waals surface area contributed by atoms with Crippen molar-refractivity contribution in [1.29, 1.82) is 0 Å². The smallest absolute Gasteiger partial charge is 0.234 e. The number of thioether (sulfide) groups is 1. The van der Waals surface area contributed by atoms with Crippen LogP contribution in [0, 0.1) is 0 Å². The Morgan fingerprint density at radius 3 is 2.38 bits per heavy atom. The number of nitrogens with one attached hydrogen (secondary N) is 1. The van der Waals surface area contributed by atoms with Gasteiger partial charge in [0.05, 0.1) is 5.75 Å². The van der Waals surface area contributed by atoms with Gasteiger partial charge in [0.2, 0.25) is 5.91 Å². The van der Waals surface area contributed by atoms with E-state index in [2.05, 4.69) is 32.5 Å². The molecular weight excluding hydrogens is 382 g/mol. The number of aromatic nitrogens is 3. The van der Waals surface area contributed by atoms with Crippen LogP contribution in [0.2, 0.25) is 0 Å². The summed E-state index contributed by atoms with van der Waals surface area (Å²) in [6.07, 6.45) is 6.81. The summed E-state index contributed by atoms with van der Waals surface area (Å²) in [5, 5.41) is 11.8. The van der Waals surface area contributed by atoms with Crippen molar-refractivity contribution in [2.75, 3.05) is 29.1 Å². The van der Waals surface area contributed by atoms with Crippen molar-refractivity contribution in [1.82, 2.24) is 14.8 Å². The first-order valence-electron chi connectivity index (χ1n) is 10.0. The lowest BCUT2D eigenvalue weighted by molar-refractivity contribution is -0.113. The minimum Gasteiger partial charge on any atom is -0.372 e. The van der Waals surface area contributed by atoms with Crippen LogP contribution in [0.4, 0.5) is 11.4 Å². The molecule has 0 aliphatic carbocycles. The van der Waals surface area contributed by atoms with Gasteiger partial charge in [0.15, 0.2) is 5.16 Å². The Bertz CT molecular complexity index is 918. The van der Waals surface area contributed by atoms with E-state index in [-0.39, 0.29) is 11.7 Å². The number of amides is 1. The molecule has 0 atom stereocenters. The Morgan fingerprint density at radius 2 is 1.66 bits per heavy atom. The van der Waals surface area contributed by atoms with Crippen molar-refractivity contribution in [2.24, 2.45) is 0 Å². The molecular formula is C22H25N5OS. The van der Waals surface area contributed by atoms with Gasteiger partial charge in [-0.1, -0.05) is 42.8 Å². The molecule has 29 heavy (non-hydrogen) atoms. The van der Waals surface area contributed by atoms with E-state index in [9.17, 15) is 4.79 Å². The Hall–Kier alpha value is -2.80. The van der Waals surface area contributed by atoms with Crippen molar-refractivity contribution in [3.63, 3.8) is 0 Å². The summed E-state index contributed by atoms with van der Waals surface area (Å²) in [6.45, 7) is 2.23. The normalized spacial score (nSPS) is 14.4. The van der Waals surface area contributed by atoms with Crippen molar-refractivity contribution < 1.29 is 4.79 Å². The molecule has 3 aromatic rings. The first-order valence-corrected chi connectivity index (χ1v) is 11.0. The number of carbonyl (C=O) groups is 1. The summed E-state index contributed by atoms with van der Waals surface area (Å²) >= 11 is 1.37. The number of benzene rings is 2. The molecule has 1 amide bonds. The predicted molar refractivity (Wildman–Crippen MR) is 118 cm³/mol. The van der Waals surface area contributed by atoms with E-state index in [1.165, 1.54) is 43.1 Å². The first-order chi connectivity index (χ1) is 14.3. The van der Waals surface area contributed by atoms with E-state index < -0.39 is 0 Å². The first kappa shape index (κ1) is 19.5. The maximum Gasteiger partial charge on any atom is 0.234 e. The average molecular weight is 408 g/mol. The van der Waals surface area contributed by atoms with Crippen LogP contribution in [-0.2, 0) is 4.79 Å². The molecule has 2 heterocycles. The Morgan fingerprint density at radius 1 is 0.931 bits per heavy atom. The van der Waals surface area contributed by atoms with E-state index in [4.69, 9.17) is 0 Å². The van der Waals surface area contributed by atoms with Gasteiger partial charge in [0.1, 0.15) is 6.33 Å². The van der Waals surface area contributed by atoms with Gasteiger partial charge in [-0.05, 0) is 49.2 Å². The summed E-state index contributed by atoms with van der Waals surface area (Å²) in [5.74, 6) is 0.222. The standard InChI is InChI=1S/C22H25N5OS/c28-21(16-29-22-25-23-17-27(22)20-8-4-3-5-9-20)24-18-10-12-19(13-11-18)26-14-6-1-2-7-15-26/h3-5,8-13,17H,1-2,6-7,14-16H2,(H,24,28). The van der Waals surface area contributed by atoms with Crippen molar-refractivity contribution in [3.05, 3.63) is 60.9 Å². The van der Waals surface area contributed by atoms with E-state index in [1.807, 2.05) is 47.0 Å². The van der Waals surface area contributed by atoms with Crippen LogP contribution in [0.5, 0.6) is 0 Å². The number of anilines is 2.